The number of aryl methyl sites for hydroxylation is 1. The summed E-state index contributed by atoms with van der Waals surface area (Å²) in [5.41, 5.74) is 2.92. The summed E-state index contributed by atoms with van der Waals surface area (Å²) in [6.45, 7) is 8.14. The van der Waals surface area contributed by atoms with Crippen molar-refractivity contribution in [2.45, 2.75) is 63.2 Å². The van der Waals surface area contributed by atoms with Crippen LogP contribution in [0.5, 0.6) is 0 Å². The van der Waals surface area contributed by atoms with Crippen molar-refractivity contribution in [1.29, 1.82) is 0 Å². The molecule has 0 saturated heterocycles. The van der Waals surface area contributed by atoms with E-state index in [1.54, 1.807) is 24.3 Å². The third-order valence-electron chi connectivity index (χ3n) is 5.59. The highest BCUT2D eigenvalue weighted by molar-refractivity contribution is 7.91. The molecule has 0 radical (unpaired) electrons. The summed E-state index contributed by atoms with van der Waals surface area (Å²) in [5, 5.41) is 0. The van der Waals surface area contributed by atoms with Gasteiger partial charge in [0.15, 0.2) is 9.84 Å². The summed E-state index contributed by atoms with van der Waals surface area (Å²) < 4.78 is 57.0. The van der Waals surface area contributed by atoms with Gasteiger partial charge >= 0.3 is 0 Å². The molecular weight excluding hydrogens is 420 g/mol. The molecule has 0 saturated carbocycles. The molecule has 0 fully saturated rings. The molecule has 2 aromatic carbocycles. The van der Waals surface area contributed by atoms with Gasteiger partial charge in [0.1, 0.15) is 0 Å². The van der Waals surface area contributed by atoms with Crippen molar-refractivity contribution >= 4 is 20.0 Å². The molecule has 0 bridgehead atoms. The first-order valence-electron chi connectivity index (χ1n) is 10.3. The lowest BCUT2D eigenvalue weighted by Gasteiger charge is -2.22. The molecule has 0 amide bonds. The first-order valence-corrected chi connectivity index (χ1v) is 13.4. The Morgan fingerprint density at radius 2 is 1.50 bits per heavy atom. The molecule has 0 aromatic heterocycles. The van der Waals surface area contributed by atoms with E-state index < -0.39 is 20.0 Å². The van der Waals surface area contributed by atoms with Gasteiger partial charge in [-0.15, -0.1) is 0 Å². The Balaban J connectivity index is 2.21. The quantitative estimate of drug-likeness (QED) is 0.519. The summed E-state index contributed by atoms with van der Waals surface area (Å²) in [6.07, 6.45) is 2.92. The summed E-state index contributed by atoms with van der Waals surface area (Å²) in [4.78, 5) is 0.268. The molecule has 0 aliphatic heterocycles. The molecule has 5 nitrogen and oxygen atoms in total. The molecule has 0 aliphatic rings. The lowest BCUT2D eigenvalue weighted by atomic mass is 9.83. The molecule has 1 N–H and O–H groups in total. The monoisotopic (exact) mass is 452 g/mol. The molecule has 2 rings (SSSR count). The molecule has 1 atom stereocenters. The lowest BCUT2D eigenvalue weighted by molar-refractivity contribution is 0.379. The van der Waals surface area contributed by atoms with E-state index in [1.807, 2.05) is 26.0 Å². The predicted molar refractivity (Wildman–Crippen MR) is 120 cm³/mol. The van der Waals surface area contributed by atoms with Crippen molar-refractivity contribution in [3.05, 3.63) is 59.2 Å². The Morgan fingerprint density at radius 1 is 0.900 bits per heavy atom. The Kier molecular flexibility index (Phi) is 8.25. The van der Waals surface area contributed by atoms with Crippen molar-refractivity contribution < 1.29 is 21.4 Å². The van der Waals surface area contributed by atoms with Crippen LogP contribution >= 0.6 is 0 Å². The van der Waals surface area contributed by atoms with Crippen LogP contribution in [0.4, 0.5) is 0 Å². The first kappa shape index (κ1) is 24.6. The number of unbranched alkanes of at least 4 members (excludes halogenated alkanes) is 1. The highest BCUT2D eigenvalue weighted by Crippen LogP contribution is 2.26. The summed E-state index contributed by atoms with van der Waals surface area (Å²) >= 11 is 0. The van der Waals surface area contributed by atoms with E-state index in [-0.39, 0.29) is 16.6 Å². The molecule has 30 heavy (non-hydrogen) atoms. The standard InChI is InChI=1S/C23H32O5S2/c1-5-6-13-29(24,25)22-11-8-19(9-12-22)14-20(17(2)3)15-21-16-23(30(26,27)28)10-7-18(21)4/h7-12,16-17,20H,5-6,13-15H2,1-4H3,(H,26,27,28). The Morgan fingerprint density at radius 3 is 2.03 bits per heavy atom. The average Bonchev–Trinajstić information content (AvgIpc) is 2.67. The fourth-order valence-electron chi connectivity index (χ4n) is 3.44. The minimum absolute atomic E-state index is 0.0905. The number of hydrogen-bond donors (Lipinski definition) is 1. The van der Waals surface area contributed by atoms with Gasteiger partial charge in [0, 0.05) is 0 Å². The number of rotatable bonds is 10. The number of sulfone groups is 1. The van der Waals surface area contributed by atoms with E-state index in [0.717, 1.165) is 29.5 Å². The zero-order chi connectivity index (χ0) is 22.5. The Hall–Kier alpha value is -1.70. The fraction of sp³-hybridized carbons (Fsp3) is 0.478. The van der Waals surface area contributed by atoms with Crippen molar-refractivity contribution in [2.75, 3.05) is 5.75 Å². The third kappa shape index (κ3) is 6.65. The third-order valence-corrected chi connectivity index (χ3v) is 8.26. The summed E-state index contributed by atoms with van der Waals surface area (Å²) in [5.74, 6) is 0.746. The van der Waals surface area contributed by atoms with E-state index in [1.165, 1.54) is 6.07 Å². The van der Waals surface area contributed by atoms with Crippen LogP contribution in [0.1, 0.15) is 50.3 Å². The molecule has 0 spiro atoms. The van der Waals surface area contributed by atoms with Gasteiger partial charge in [0.25, 0.3) is 10.1 Å². The van der Waals surface area contributed by atoms with Crippen molar-refractivity contribution in [1.82, 2.24) is 0 Å². The maximum atomic E-state index is 12.4. The van der Waals surface area contributed by atoms with E-state index in [9.17, 15) is 21.4 Å². The first-order chi connectivity index (χ1) is 13.9. The van der Waals surface area contributed by atoms with Crippen LogP contribution in [0.3, 0.4) is 0 Å². The number of benzene rings is 2. The van der Waals surface area contributed by atoms with Gasteiger partial charge in [0.05, 0.1) is 15.5 Å². The molecule has 0 heterocycles. The van der Waals surface area contributed by atoms with Crippen LogP contribution in [0.25, 0.3) is 0 Å². The van der Waals surface area contributed by atoms with Crippen molar-refractivity contribution in [3.8, 4) is 0 Å². The van der Waals surface area contributed by atoms with Crippen LogP contribution in [-0.2, 0) is 32.8 Å². The van der Waals surface area contributed by atoms with Crippen LogP contribution in [0, 0.1) is 18.8 Å². The van der Waals surface area contributed by atoms with Crippen LogP contribution < -0.4 is 0 Å². The Bertz CT molecular complexity index is 1050. The SMILES string of the molecule is CCCCS(=O)(=O)c1ccc(CC(Cc2cc(S(=O)(=O)O)ccc2C)C(C)C)cc1. The van der Waals surface area contributed by atoms with Crippen molar-refractivity contribution in [2.24, 2.45) is 11.8 Å². The molecule has 2 aromatic rings. The van der Waals surface area contributed by atoms with Gasteiger partial charge in [-0.05, 0) is 79.0 Å². The van der Waals surface area contributed by atoms with Crippen LogP contribution in [0.2, 0.25) is 0 Å². The molecule has 166 valence electrons. The number of hydrogen-bond acceptors (Lipinski definition) is 4. The van der Waals surface area contributed by atoms with Crippen LogP contribution in [0.15, 0.2) is 52.3 Å². The van der Waals surface area contributed by atoms with E-state index in [0.29, 0.717) is 23.7 Å². The second-order valence-corrected chi connectivity index (χ2v) is 11.8. The van der Waals surface area contributed by atoms with E-state index in [2.05, 4.69) is 13.8 Å². The van der Waals surface area contributed by atoms with E-state index >= 15 is 0 Å². The lowest BCUT2D eigenvalue weighted by Crippen LogP contribution is -2.16. The smallest absolute Gasteiger partial charge is 0.282 e. The van der Waals surface area contributed by atoms with Gasteiger partial charge in [0.2, 0.25) is 0 Å². The van der Waals surface area contributed by atoms with Gasteiger partial charge < -0.3 is 0 Å². The maximum absolute atomic E-state index is 12.4. The molecule has 7 heteroatoms. The fourth-order valence-corrected chi connectivity index (χ4v) is 5.43. The maximum Gasteiger partial charge on any atom is 0.294 e. The highest BCUT2D eigenvalue weighted by atomic mass is 32.2. The average molecular weight is 453 g/mol. The van der Waals surface area contributed by atoms with Crippen LogP contribution in [-0.4, -0.2) is 27.1 Å². The van der Waals surface area contributed by atoms with Gasteiger partial charge in [-0.25, -0.2) is 8.42 Å². The minimum atomic E-state index is -4.24. The predicted octanol–water partition coefficient (Wildman–Crippen LogP) is 4.87. The minimum Gasteiger partial charge on any atom is -0.282 e. The van der Waals surface area contributed by atoms with E-state index in [4.69, 9.17) is 0 Å². The normalized spacial score (nSPS) is 13.5. The molecular formula is C23H32O5S2. The van der Waals surface area contributed by atoms with Gasteiger partial charge in [-0.3, -0.25) is 4.55 Å². The van der Waals surface area contributed by atoms with Gasteiger partial charge in [-0.2, -0.15) is 8.42 Å². The summed E-state index contributed by atoms with van der Waals surface area (Å²) in [6, 6.07) is 11.8. The molecule has 1 unspecified atom stereocenters. The van der Waals surface area contributed by atoms with Crippen molar-refractivity contribution in [3.63, 3.8) is 0 Å². The Labute approximate surface area is 181 Å². The second kappa shape index (κ2) is 10.1. The molecule has 0 aliphatic carbocycles. The van der Waals surface area contributed by atoms with Gasteiger partial charge in [-0.1, -0.05) is 45.4 Å². The largest absolute Gasteiger partial charge is 0.294 e. The topological polar surface area (TPSA) is 88.5 Å². The second-order valence-electron chi connectivity index (χ2n) is 8.29. The highest BCUT2D eigenvalue weighted by Gasteiger charge is 2.19. The zero-order valence-electron chi connectivity index (χ0n) is 18.1. The summed E-state index contributed by atoms with van der Waals surface area (Å²) in [7, 11) is -7.48. The zero-order valence-corrected chi connectivity index (χ0v) is 19.8.